The molecule has 0 amide bonds. The molecule has 3 aliphatic rings. The van der Waals surface area contributed by atoms with Crippen LogP contribution in [-0.4, -0.2) is 16.0 Å². The number of hydrogen-bond donors (Lipinski definition) is 2. The summed E-state index contributed by atoms with van der Waals surface area (Å²) in [5.74, 6) is 0.373. The van der Waals surface area contributed by atoms with Crippen LogP contribution in [0.1, 0.15) is 43.2 Å². The van der Waals surface area contributed by atoms with Gasteiger partial charge in [-0.05, 0) is 34.8 Å². The second-order valence-corrected chi connectivity index (χ2v) is 9.87. The normalized spacial score (nSPS) is 20.7. The molecule has 172 valence electrons. The third-order valence-corrected chi connectivity index (χ3v) is 6.61. The maximum Gasteiger partial charge on any atom is 0.0614 e. The van der Waals surface area contributed by atoms with Crippen LogP contribution in [0.5, 0.6) is 0 Å². The average Bonchev–Trinajstić information content (AvgIpc) is 3.09. The molecule has 0 saturated heterocycles. The topological polar surface area (TPSA) is 54.2 Å². The van der Waals surface area contributed by atoms with Crippen molar-refractivity contribution < 1.29 is 0 Å². The summed E-state index contributed by atoms with van der Waals surface area (Å²) in [4.78, 5) is 4.31. The third kappa shape index (κ3) is 4.10. The van der Waals surface area contributed by atoms with Crippen molar-refractivity contribution in [3.05, 3.63) is 108 Å². The van der Waals surface area contributed by atoms with E-state index in [9.17, 15) is 0 Å². The van der Waals surface area contributed by atoms with Crippen LogP contribution in [0.25, 0.3) is 11.8 Å². The number of anilines is 1. The number of allylic oxidation sites excluding steroid dienone is 8. The molecule has 1 aliphatic heterocycles. The third-order valence-electron chi connectivity index (χ3n) is 6.61. The Balaban J connectivity index is 1.45. The first-order chi connectivity index (χ1) is 16.5. The summed E-state index contributed by atoms with van der Waals surface area (Å²) in [7, 11) is 0. The fraction of sp³-hybridized carbons (Fsp3) is 0.241. The molecule has 34 heavy (non-hydrogen) atoms. The van der Waals surface area contributed by atoms with Gasteiger partial charge in [-0.25, -0.2) is 4.68 Å². The number of hydrazine groups is 1. The van der Waals surface area contributed by atoms with Gasteiger partial charge in [-0.2, -0.15) is 5.10 Å². The fourth-order valence-electron chi connectivity index (χ4n) is 4.64. The summed E-state index contributed by atoms with van der Waals surface area (Å²) in [6, 6.07) is 6.50. The first-order valence-electron chi connectivity index (χ1n) is 11.8. The minimum atomic E-state index is 0.0710. The first-order valence-corrected chi connectivity index (χ1v) is 11.8. The van der Waals surface area contributed by atoms with E-state index in [4.69, 9.17) is 5.10 Å². The van der Waals surface area contributed by atoms with Crippen molar-refractivity contribution in [3.63, 3.8) is 0 Å². The molecular formula is C29H31N5. The molecule has 1 aromatic carbocycles. The van der Waals surface area contributed by atoms with Gasteiger partial charge in [0.25, 0.3) is 0 Å². The highest BCUT2D eigenvalue weighted by atomic mass is 15.4. The van der Waals surface area contributed by atoms with Gasteiger partial charge >= 0.3 is 0 Å². The molecule has 5 rings (SSSR count). The van der Waals surface area contributed by atoms with E-state index in [2.05, 4.69) is 109 Å². The van der Waals surface area contributed by atoms with E-state index in [1.807, 2.05) is 24.7 Å². The van der Waals surface area contributed by atoms with Gasteiger partial charge in [-0.15, -0.1) is 0 Å². The van der Waals surface area contributed by atoms with Gasteiger partial charge in [0.1, 0.15) is 0 Å². The lowest BCUT2D eigenvalue weighted by molar-refractivity contribution is 0.568. The van der Waals surface area contributed by atoms with Crippen molar-refractivity contribution in [1.29, 1.82) is 0 Å². The van der Waals surface area contributed by atoms with Crippen molar-refractivity contribution in [2.24, 2.45) is 16.8 Å². The van der Waals surface area contributed by atoms with Crippen molar-refractivity contribution in [3.8, 4) is 0 Å². The lowest BCUT2D eigenvalue weighted by Gasteiger charge is -2.33. The molecule has 2 aliphatic carbocycles. The molecule has 0 bridgehead atoms. The van der Waals surface area contributed by atoms with Gasteiger partial charge < -0.3 is 10.9 Å². The molecule has 0 fully saturated rings. The minimum absolute atomic E-state index is 0.0710. The van der Waals surface area contributed by atoms with Crippen LogP contribution in [-0.2, 0) is 11.8 Å². The Morgan fingerprint density at radius 1 is 1.09 bits per heavy atom. The lowest BCUT2D eigenvalue weighted by atomic mass is 9.80. The fourth-order valence-corrected chi connectivity index (χ4v) is 4.64. The van der Waals surface area contributed by atoms with Crippen LogP contribution >= 0.6 is 0 Å². The molecule has 0 saturated carbocycles. The Kier molecular flexibility index (Phi) is 5.70. The number of nitrogens with zero attached hydrogens (tertiary/aromatic N) is 3. The van der Waals surface area contributed by atoms with Crippen LogP contribution < -0.4 is 10.9 Å². The second-order valence-electron chi connectivity index (χ2n) is 9.87. The molecule has 2 unspecified atom stereocenters. The minimum Gasteiger partial charge on any atom is -0.304 e. The molecule has 2 N–H and O–H groups in total. The standard InChI is InChI=1S/C29H31N5/c1-5-20-12-13-22(29(2,3)4)17-26(20)33-32-25-14-15-28(24-10-7-6-9-23(24)25)34-27-11-8-16-30-18-21(27)19-31-34/h5-10,12-19,23-24,32-33H,1,11H2,2-4H3. The Morgan fingerprint density at radius 3 is 2.71 bits per heavy atom. The summed E-state index contributed by atoms with van der Waals surface area (Å²) >= 11 is 0. The van der Waals surface area contributed by atoms with Crippen LogP contribution in [0.15, 0.2) is 90.4 Å². The Labute approximate surface area is 201 Å². The number of fused-ring (bicyclic) bond motifs is 2. The number of hydrogen-bond acceptors (Lipinski definition) is 4. The highest BCUT2D eigenvalue weighted by Gasteiger charge is 2.31. The average molecular weight is 450 g/mol. The molecule has 2 heterocycles. The van der Waals surface area contributed by atoms with Crippen molar-refractivity contribution in [2.45, 2.75) is 32.6 Å². The molecule has 2 atom stereocenters. The highest BCUT2D eigenvalue weighted by molar-refractivity contribution is 5.82. The Hall–Kier alpha value is -3.86. The van der Waals surface area contributed by atoms with Gasteiger partial charge in [0.2, 0.25) is 0 Å². The molecular weight excluding hydrogens is 418 g/mol. The number of rotatable bonds is 5. The number of aromatic nitrogens is 2. The van der Waals surface area contributed by atoms with E-state index in [1.54, 1.807) is 0 Å². The van der Waals surface area contributed by atoms with E-state index in [0.717, 1.165) is 28.9 Å². The number of aliphatic imine (C=N–C) groups is 1. The van der Waals surface area contributed by atoms with E-state index < -0.39 is 0 Å². The van der Waals surface area contributed by atoms with E-state index in [0.29, 0.717) is 0 Å². The van der Waals surface area contributed by atoms with Gasteiger partial charge in [0, 0.05) is 41.9 Å². The molecule has 1 aromatic heterocycles. The summed E-state index contributed by atoms with van der Waals surface area (Å²) < 4.78 is 2.08. The van der Waals surface area contributed by atoms with Crippen LogP contribution in [0, 0.1) is 11.8 Å². The summed E-state index contributed by atoms with van der Waals surface area (Å²) in [5, 5.41) is 4.72. The number of nitrogens with one attached hydrogen (secondary N) is 2. The molecule has 5 heteroatoms. The second kappa shape index (κ2) is 8.82. The summed E-state index contributed by atoms with van der Waals surface area (Å²) in [6.45, 7) is 10.7. The van der Waals surface area contributed by atoms with Crippen LogP contribution in [0.4, 0.5) is 5.69 Å². The molecule has 0 radical (unpaired) electrons. The monoisotopic (exact) mass is 449 g/mol. The number of benzene rings is 1. The van der Waals surface area contributed by atoms with Crippen molar-refractivity contribution in [2.75, 3.05) is 5.43 Å². The molecule has 5 nitrogen and oxygen atoms in total. The summed E-state index contributed by atoms with van der Waals surface area (Å²) in [5.41, 5.74) is 14.9. The zero-order chi connectivity index (χ0) is 23.7. The first kappa shape index (κ1) is 22.0. The molecule has 2 aromatic rings. The molecule has 0 spiro atoms. The Bertz CT molecular complexity index is 1290. The van der Waals surface area contributed by atoms with E-state index in [-0.39, 0.29) is 17.3 Å². The van der Waals surface area contributed by atoms with Crippen molar-refractivity contribution in [1.82, 2.24) is 15.2 Å². The summed E-state index contributed by atoms with van der Waals surface area (Å²) in [6.07, 6.45) is 23.5. The predicted octanol–water partition coefficient (Wildman–Crippen LogP) is 6.03. The van der Waals surface area contributed by atoms with E-state index >= 15 is 0 Å². The largest absolute Gasteiger partial charge is 0.304 e. The predicted molar refractivity (Wildman–Crippen MR) is 142 cm³/mol. The highest BCUT2D eigenvalue weighted by Crippen LogP contribution is 2.38. The zero-order valence-corrected chi connectivity index (χ0v) is 20.0. The quantitative estimate of drug-likeness (QED) is 0.548. The smallest absolute Gasteiger partial charge is 0.0614 e. The zero-order valence-electron chi connectivity index (χ0n) is 20.0. The maximum atomic E-state index is 4.72. The lowest BCUT2D eigenvalue weighted by Crippen LogP contribution is -2.33. The van der Waals surface area contributed by atoms with Gasteiger partial charge in [0.05, 0.1) is 23.3 Å². The van der Waals surface area contributed by atoms with Gasteiger partial charge in [0.15, 0.2) is 0 Å². The Morgan fingerprint density at radius 2 is 1.91 bits per heavy atom. The van der Waals surface area contributed by atoms with Crippen molar-refractivity contribution >= 4 is 23.7 Å². The van der Waals surface area contributed by atoms with Gasteiger partial charge in [-0.3, -0.25) is 4.99 Å². The SMILES string of the molecule is C=Cc1ccc(C(C)(C)C)cc1NNC1=CC=C(n2ncc3c2CC=CN=C3)C2C=CC=CC12. The maximum absolute atomic E-state index is 4.72. The van der Waals surface area contributed by atoms with Crippen LogP contribution in [0.3, 0.4) is 0 Å². The van der Waals surface area contributed by atoms with Gasteiger partial charge in [-0.1, -0.05) is 75.9 Å². The van der Waals surface area contributed by atoms with E-state index in [1.165, 1.54) is 17.0 Å². The van der Waals surface area contributed by atoms with Crippen LogP contribution in [0.2, 0.25) is 0 Å².